The maximum absolute atomic E-state index is 5.26. The second-order valence-electron chi connectivity index (χ2n) is 17.2. The summed E-state index contributed by atoms with van der Waals surface area (Å²) in [5.74, 6) is 0. The van der Waals surface area contributed by atoms with Gasteiger partial charge in [-0.25, -0.2) is 0 Å². The molecule has 1 heterocycles. The molecule has 3 nitrogen and oxygen atoms in total. The molecule has 0 radical (unpaired) electrons. The molecule has 0 aromatic heterocycles. The number of nitrogens with zero attached hydrogens (tertiary/aromatic N) is 3. The van der Waals surface area contributed by atoms with E-state index in [1.807, 2.05) is 6.07 Å². The smallest absolute Gasteiger partial charge is 0.0623 e. The van der Waals surface area contributed by atoms with E-state index in [4.69, 9.17) is 10.3 Å². The van der Waals surface area contributed by atoms with Crippen LogP contribution in [0.1, 0.15) is 47.8 Å². The molecular weight excluding hydrogens is 775 g/mol. The van der Waals surface area contributed by atoms with Crippen LogP contribution in [0.3, 0.4) is 0 Å². The fourth-order valence-corrected chi connectivity index (χ4v) is 9.40. The molecule has 64 heavy (non-hydrogen) atoms. The Morgan fingerprint density at radius 1 is 0.391 bits per heavy atom. The molecule has 9 aromatic rings. The molecule has 1 aliphatic carbocycles. The predicted molar refractivity (Wildman–Crippen MR) is 268 cm³/mol. The van der Waals surface area contributed by atoms with E-state index >= 15 is 0 Å². The van der Waals surface area contributed by atoms with E-state index in [-0.39, 0.29) is 11.6 Å². The van der Waals surface area contributed by atoms with Crippen LogP contribution in [0.15, 0.2) is 242 Å². The molecule has 0 bridgehead atoms. The lowest BCUT2D eigenvalue weighted by Crippen LogP contribution is -2.16. The third kappa shape index (κ3) is 7.31. The minimum Gasteiger partial charge on any atom is -0.659 e. The second kappa shape index (κ2) is 16.4. The van der Waals surface area contributed by atoms with Crippen molar-refractivity contribution in [2.24, 2.45) is 4.99 Å². The normalized spacial score (nSPS) is 14.7. The van der Waals surface area contributed by atoms with Crippen molar-refractivity contribution in [1.82, 2.24) is 0 Å². The van der Waals surface area contributed by atoms with Gasteiger partial charge in [-0.2, -0.15) is 0 Å². The van der Waals surface area contributed by atoms with Crippen LogP contribution in [-0.2, 0) is 5.41 Å². The Kier molecular flexibility index (Phi) is 9.94. The predicted octanol–water partition coefficient (Wildman–Crippen LogP) is 16.4. The van der Waals surface area contributed by atoms with Crippen molar-refractivity contribution < 1.29 is 0 Å². The van der Waals surface area contributed by atoms with Gasteiger partial charge < -0.3 is 10.2 Å². The van der Waals surface area contributed by atoms with Gasteiger partial charge in [0.25, 0.3) is 0 Å². The summed E-state index contributed by atoms with van der Waals surface area (Å²) in [6, 6.07) is 82.6. The number of anilines is 3. The zero-order chi connectivity index (χ0) is 43.0. The molecule has 2 aliphatic rings. The summed E-state index contributed by atoms with van der Waals surface area (Å²) in [5.41, 5.74) is 20.7. The van der Waals surface area contributed by atoms with Crippen LogP contribution in [0, 0.1) is 0 Å². The fourth-order valence-electron chi connectivity index (χ4n) is 9.40. The van der Waals surface area contributed by atoms with Crippen molar-refractivity contribution in [3.8, 4) is 44.5 Å². The van der Waals surface area contributed by atoms with Gasteiger partial charge in [0.1, 0.15) is 0 Å². The van der Waals surface area contributed by atoms with Gasteiger partial charge in [-0.3, -0.25) is 4.99 Å². The summed E-state index contributed by atoms with van der Waals surface area (Å²) in [4.78, 5) is 7.59. The Hall–Kier alpha value is -8.01. The van der Waals surface area contributed by atoms with E-state index in [0.717, 1.165) is 56.3 Å². The van der Waals surface area contributed by atoms with E-state index in [9.17, 15) is 0 Å². The Bertz CT molecular complexity index is 3070. The van der Waals surface area contributed by atoms with E-state index in [0.29, 0.717) is 0 Å². The minimum absolute atomic E-state index is 0.0957. The standard InChI is InChI=1S/C61H46N3/c1-61(2)56-21-13-12-20-54(56)55-39-32-50(40-57(55)61)59-41-58(62-60(63-59)49-18-10-5-11-19-49)48-24-22-44(23-25-48)47-30-37-53(38-31-47)64(51-33-26-45(27-34-51)42-14-6-3-7-15-42)52-35-28-46(29-36-52)43-16-8-4-9-17-43/h3-41,60H,1-2H3/q-1. The maximum Gasteiger partial charge on any atom is 0.0623 e. The molecule has 0 saturated heterocycles. The van der Waals surface area contributed by atoms with E-state index < -0.39 is 0 Å². The number of aliphatic imine (C=N–C) groups is 1. The highest BCUT2D eigenvalue weighted by Crippen LogP contribution is 2.49. The van der Waals surface area contributed by atoms with Crippen molar-refractivity contribution in [3.63, 3.8) is 0 Å². The summed E-state index contributed by atoms with van der Waals surface area (Å²) in [6.45, 7) is 4.65. The molecule has 306 valence electrons. The van der Waals surface area contributed by atoms with Crippen molar-refractivity contribution in [3.05, 3.63) is 270 Å². The van der Waals surface area contributed by atoms with Gasteiger partial charge in [-0.1, -0.05) is 208 Å². The Balaban J connectivity index is 0.895. The molecule has 0 N–H and O–H groups in total. The molecule has 9 aromatic carbocycles. The van der Waals surface area contributed by atoms with Crippen LogP contribution in [-0.4, -0.2) is 5.71 Å². The van der Waals surface area contributed by atoms with Gasteiger partial charge >= 0.3 is 0 Å². The minimum atomic E-state index is -0.339. The number of fused-ring (bicyclic) bond motifs is 3. The van der Waals surface area contributed by atoms with Gasteiger partial charge in [0.2, 0.25) is 0 Å². The molecule has 11 rings (SSSR count). The topological polar surface area (TPSA) is 29.7 Å². The first-order valence-electron chi connectivity index (χ1n) is 22.1. The monoisotopic (exact) mass is 820 g/mol. The molecule has 1 aliphatic heterocycles. The first kappa shape index (κ1) is 38.9. The molecule has 1 atom stereocenters. The van der Waals surface area contributed by atoms with Crippen molar-refractivity contribution in [2.75, 3.05) is 4.90 Å². The van der Waals surface area contributed by atoms with Crippen LogP contribution >= 0.6 is 0 Å². The zero-order valence-corrected chi connectivity index (χ0v) is 35.9. The van der Waals surface area contributed by atoms with E-state index in [1.165, 1.54) is 44.5 Å². The van der Waals surface area contributed by atoms with Crippen LogP contribution in [0.2, 0.25) is 0 Å². The zero-order valence-electron chi connectivity index (χ0n) is 35.9. The van der Waals surface area contributed by atoms with Crippen LogP contribution < -0.4 is 4.90 Å². The second-order valence-corrected chi connectivity index (χ2v) is 17.2. The molecule has 0 spiro atoms. The highest BCUT2D eigenvalue weighted by atomic mass is 15.1. The quantitative estimate of drug-likeness (QED) is 0.143. The first-order chi connectivity index (χ1) is 31.5. The average Bonchev–Trinajstić information content (AvgIpc) is 3.60. The van der Waals surface area contributed by atoms with E-state index in [1.54, 1.807) is 0 Å². The maximum atomic E-state index is 5.26. The lowest BCUT2D eigenvalue weighted by molar-refractivity contribution is 0.660. The molecule has 0 amide bonds. The molecule has 3 heteroatoms. The van der Waals surface area contributed by atoms with Gasteiger partial charge in [-0.15, -0.1) is 5.70 Å². The molecule has 0 saturated carbocycles. The van der Waals surface area contributed by atoms with Gasteiger partial charge in [0.15, 0.2) is 0 Å². The Morgan fingerprint density at radius 2 is 0.797 bits per heavy atom. The highest BCUT2D eigenvalue weighted by molar-refractivity contribution is 6.15. The number of allylic oxidation sites excluding steroid dienone is 1. The van der Waals surface area contributed by atoms with E-state index in [2.05, 4.69) is 249 Å². The Labute approximate surface area is 376 Å². The van der Waals surface area contributed by atoms with Crippen molar-refractivity contribution in [2.45, 2.75) is 25.4 Å². The molecule has 0 fully saturated rings. The summed E-state index contributed by atoms with van der Waals surface area (Å²) in [7, 11) is 0. The highest BCUT2D eigenvalue weighted by Gasteiger charge is 2.35. The summed E-state index contributed by atoms with van der Waals surface area (Å²) >= 11 is 0. The number of rotatable bonds is 9. The van der Waals surface area contributed by atoms with Crippen LogP contribution in [0.25, 0.3) is 55.5 Å². The van der Waals surface area contributed by atoms with Crippen molar-refractivity contribution in [1.29, 1.82) is 0 Å². The SMILES string of the molecule is CC1(C)c2ccccc2-c2ccc(C3=NC(c4ccccc4)[N-]C(c4ccc(-c5ccc(N(c6ccc(-c7ccccc7)cc6)c6ccc(-c7ccccc7)cc6)cc5)cc4)=C3)cc21. The van der Waals surface area contributed by atoms with Crippen LogP contribution in [0.4, 0.5) is 17.1 Å². The molecule has 1 unspecified atom stereocenters. The summed E-state index contributed by atoms with van der Waals surface area (Å²) < 4.78 is 0. The number of hydrogen-bond acceptors (Lipinski definition) is 2. The van der Waals surface area contributed by atoms with Gasteiger partial charge in [0.05, 0.1) is 5.71 Å². The summed E-state index contributed by atoms with van der Waals surface area (Å²) in [5, 5.41) is 5.24. The largest absolute Gasteiger partial charge is 0.659 e. The number of hydrogen-bond donors (Lipinski definition) is 0. The first-order valence-corrected chi connectivity index (χ1v) is 22.1. The fraction of sp³-hybridized carbons (Fsp3) is 0.0656. The lowest BCUT2D eigenvalue weighted by Gasteiger charge is -2.37. The third-order valence-corrected chi connectivity index (χ3v) is 12.9. The van der Waals surface area contributed by atoms with Crippen molar-refractivity contribution >= 4 is 28.5 Å². The summed E-state index contributed by atoms with van der Waals surface area (Å²) in [6.07, 6.45) is 1.82. The Morgan fingerprint density at radius 3 is 1.33 bits per heavy atom. The third-order valence-electron chi connectivity index (χ3n) is 12.9. The lowest BCUT2D eigenvalue weighted by atomic mass is 9.81. The average molecular weight is 821 g/mol. The van der Waals surface area contributed by atoms with Gasteiger partial charge in [-0.05, 0) is 115 Å². The van der Waals surface area contributed by atoms with Gasteiger partial charge in [0, 0.05) is 28.6 Å². The molecular formula is C61H46N3-. The van der Waals surface area contributed by atoms with Crippen LogP contribution in [0.5, 0.6) is 0 Å². The number of benzene rings is 9.